The van der Waals surface area contributed by atoms with Crippen molar-refractivity contribution in [3.8, 4) is 11.6 Å². The first-order valence-electron chi connectivity index (χ1n) is 7.82. The van der Waals surface area contributed by atoms with Gasteiger partial charge in [0.05, 0.1) is 24.2 Å². The molecule has 6 heteroatoms. The predicted molar refractivity (Wildman–Crippen MR) is 85.6 cm³/mol. The average molecular weight is 309 g/mol. The van der Waals surface area contributed by atoms with E-state index >= 15 is 0 Å². The van der Waals surface area contributed by atoms with Gasteiger partial charge >= 0.3 is 0 Å². The Bertz CT molecular complexity index is 802. The van der Waals surface area contributed by atoms with Gasteiger partial charge in [0.2, 0.25) is 0 Å². The molecule has 23 heavy (non-hydrogen) atoms. The fourth-order valence-corrected chi connectivity index (χ4v) is 2.94. The minimum Gasteiger partial charge on any atom is -0.461 e. The summed E-state index contributed by atoms with van der Waals surface area (Å²) in [4.78, 5) is 19.4. The van der Waals surface area contributed by atoms with Gasteiger partial charge in [0, 0.05) is 37.0 Å². The van der Waals surface area contributed by atoms with Gasteiger partial charge in [0.15, 0.2) is 11.6 Å². The molecule has 0 spiro atoms. The van der Waals surface area contributed by atoms with Crippen LogP contribution in [-0.2, 0) is 19.5 Å². The molecule has 0 aliphatic carbocycles. The number of fused-ring (bicyclic) bond motifs is 1. The van der Waals surface area contributed by atoms with Crippen LogP contribution in [0.4, 0.5) is 0 Å². The zero-order valence-corrected chi connectivity index (χ0v) is 13.3. The summed E-state index contributed by atoms with van der Waals surface area (Å²) in [6.45, 7) is 6.74. The predicted octanol–water partition coefficient (Wildman–Crippen LogP) is 2.63. The molecule has 0 amide bonds. The molecule has 3 aromatic rings. The summed E-state index contributed by atoms with van der Waals surface area (Å²) in [6.07, 6.45) is 4.49. The van der Waals surface area contributed by atoms with Crippen LogP contribution in [0.1, 0.15) is 28.5 Å². The van der Waals surface area contributed by atoms with Crippen molar-refractivity contribution in [1.82, 2.24) is 24.8 Å². The Morgan fingerprint density at radius 3 is 2.96 bits per heavy atom. The quantitative estimate of drug-likeness (QED) is 0.805. The largest absolute Gasteiger partial charge is 0.461 e. The number of H-pyrrole nitrogens is 1. The highest BCUT2D eigenvalue weighted by Crippen LogP contribution is 2.22. The minimum atomic E-state index is 0.666. The van der Waals surface area contributed by atoms with E-state index in [9.17, 15) is 0 Å². The summed E-state index contributed by atoms with van der Waals surface area (Å²) < 4.78 is 5.38. The molecule has 0 saturated carbocycles. The molecule has 0 radical (unpaired) electrons. The smallest absolute Gasteiger partial charge is 0.195 e. The van der Waals surface area contributed by atoms with Crippen molar-refractivity contribution in [1.29, 1.82) is 0 Å². The van der Waals surface area contributed by atoms with Crippen LogP contribution in [0.3, 0.4) is 0 Å². The van der Waals surface area contributed by atoms with E-state index in [0.29, 0.717) is 5.82 Å². The highest BCUT2D eigenvalue weighted by molar-refractivity contribution is 5.46. The second kappa shape index (κ2) is 5.62. The van der Waals surface area contributed by atoms with E-state index in [1.807, 2.05) is 25.3 Å². The Labute approximate surface area is 134 Å². The molecule has 0 unspecified atom stereocenters. The van der Waals surface area contributed by atoms with Gasteiger partial charge in [-0.05, 0) is 26.0 Å². The fourth-order valence-electron chi connectivity index (χ4n) is 2.94. The lowest BCUT2D eigenvalue weighted by Crippen LogP contribution is -2.31. The molecule has 1 aliphatic rings. The Hall–Kier alpha value is -2.47. The number of nitrogens with one attached hydrogen (secondary N) is 1. The molecule has 1 aliphatic heterocycles. The van der Waals surface area contributed by atoms with Crippen LogP contribution in [0.5, 0.6) is 0 Å². The van der Waals surface area contributed by atoms with Crippen molar-refractivity contribution in [3.05, 3.63) is 53.1 Å². The molecule has 1 N–H and O–H groups in total. The summed E-state index contributed by atoms with van der Waals surface area (Å²) in [6, 6.07) is 3.74. The number of aryl methyl sites for hydroxylation is 2. The molecule has 0 bridgehead atoms. The summed E-state index contributed by atoms with van der Waals surface area (Å²) in [5, 5.41) is 0. The van der Waals surface area contributed by atoms with Crippen molar-refractivity contribution >= 4 is 0 Å². The topological polar surface area (TPSA) is 70.8 Å². The zero-order chi connectivity index (χ0) is 15.8. The van der Waals surface area contributed by atoms with E-state index in [4.69, 9.17) is 4.42 Å². The minimum absolute atomic E-state index is 0.666. The van der Waals surface area contributed by atoms with Crippen LogP contribution < -0.4 is 0 Å². The average Bonchev–Trinajstić information content (AvgIpc) is 3.18. The van der Waals surface area contributed by atoms with Crippen LogP contribution in [-0.4, -0.2) is 31.4 Å². The van der Waals surface area contributed by atoms with Gasteiger partial charge in [-0.2, -0.15) is 0 Å². The molecule has 3 aromatic heterocycles. The number of hydrogen-bond acceptors (Lipinski definition) is 5. The van der Waals surface area contributed by atoms with Crippen LogP contribution >= 0.6 is 0 Å². The van der Waals surface area contributed by atoms with Crippen LogP contribution in [0.15, 0.2) is 29.0 Å². The Kier molecular flexibility index (Phi) is 3.46. The summed E-state index contributed by atoms with van der Waals surface area (Å²) >= 11 is 0. The second-order valence-corrected chi connectivity index (χ2v) is 6.00. The highest BCUT2D eigenvalue weighted by atomic mass is 16.3. The highest BCUT2D eigenvalue weighted by Gasteiger charge is 2.20. The number of rotatable bonds is 3. The van der Waals surface area contributed by atoms with Gasteiger partial charge in [0.25, 0.3) is 0 Å². The van der Waals surface area contributed by atoms with Gasteiger partial charge < -0.3 is 9.40 Å². The van der Waals surface area contributed by atoms with E-state index in [1.165, 1.54) is 5.56 Å². The van der Waals surface area contributed by atoms with E-state index < -0.39 is 0 Å². The maximum atomic E-state index is 5.38. The van der Waals surface area contributed by atoms with Crippen LogP contribution in [0.2, 0.25) is 0 Å². The molecular weight excluding hydrogens is 290 g/mol. The second-order valence-electron chi connectivity index (χ2n) is 6.00. The fraction of sp³-hybridized carbons (Fsp3) is 0.353. The van der Waals surface area contributed by atoms with Crippen molar-refractivity contribution in [2.24, 2.45) is 0 Å². The van der Waals surface area contributed by atoms with Gasteiger partial charge in [-0.1, -0.05) is 0 Å². The van der Waals surface area contributed by atoms with E-state index in [2.05, 4.69) is 31.8 Å². The lowest BCUT2D eigenvalue weighted by molar-refractivity contribution is 0.237. The summed E-state index contributed by atoms with van der Waals surface area (Å²) in [5.74, 6) is 2.41. The van der Waals surface area contributed by atoms with Gasteiger partial charge in [-0.3, -0.25) is 4.90 Å². The number of aromatic amines is 1. The number of nitrogens with zero attached hydrogens (tertiary/aromatic N) is 4. The third-order valence-corrected chi connectivity index (χ3v) is 4.31. The molecule has 0 atom stereocenters. The zero-order valence-electron chi connectivity index (χ0n) is 13.3. The molecule has 0 fully saturated rings. The van der Waals surface area contributed by atoms with Gasteiger partial charge in [0.1, 0.15) is 5.82 Å². The molecule has 4 rings (SSSR count). The first-order valence-corrected chi connectivity index (χ1v) is 7.82. The van der Waals surface area contributed by atoms with Crippen molar-refractivity contribution in [2.45, 2.75) is 33.4 Å². The van der Waals surface area contributed by atoms with E-state index in [1.54, 1.807) is 6.26 Å². The lowest BCUT2D eigenvalue weighted by Gasteiger charge is -2.27. The van der Waals surface area contributed by atoms with Crippen molar-refractivity contribution < 1.29 is 4.42 Å². The van der Waals surface area contributed by atoms with Crippen LogP contribution in [0, 0.1) is 13.8 Å². The van der Waals surface area contributed by atoms with Crippen molar-refractivity contribution in [2.75, 3.05) is 6.54 Å². The standard InChI is InChI=1S/C17H19N5O/c1-11-12(2)20-16(19-11)10-22-6-5-14-13(9-22)8-18-17(21-14)15-4-3-7-23-15/h3-4,7-8H,5-6,9-10H2,1-2H3,(H,19,20). The number of furan rings is 1. The van der Waals surface area contributed by atoms with Gasteiger partial charge in [-0.25, -0.2) is 15.0 Å². The van der Waals surface area contributed by atoms with Crippen LogP contribution in [0.25, 0.3) is 11.6 Å². The molecule has 0 saturated heterocycles. The SMILES string of the molecule is Cc1nc(CN2CCc3nc(-c4ccco4)ncc3C2)[nH]c1C. The van der Waals surface area contributed by atoms with Gasteiger partial charge in [-0.15, -0.1) is 0 Å². The lowest BCUT2D eigenvalue weighted by atomic mass is 10.1. The third kappa shape index (κ3) is 2.77. The summed E-state index contributed by atoms with van der Waals surface area (Å²) in [5.41, 5.74) is 4.52. The Morgan fingerprint density at radius 2 is 2.22 bits per heavy atom. The summed E-state index contributed by atoms with van der Waals surface area (Å²) in [7, 11) is 0. The monoisotopic (exact) mass is 309 g/mol. The molecule has 0 aromatic carbocycles. The first kappa shape index (κ1) is 14.1. The number of imidazole rings is 1. The molecule has 118 valence electrons. The normalized spacial score (nSPS) is 14.9. The molecular formula is C17H19N5O. The Morgan fingerprint density at radius 1 is 1.30 bits per heavy atom. The maximum Gasteiger partial charge on any atom is 0.195 e. The molecule has 6 nitrogen and oxygen atoms in total. The van der Waals surface area contributed by atoms with Crippen molar-refractivity contribution in [3.63, 3.8) is 0 Å². The Balaban J connectivity index is 1.51. The number of aromatic nitrogens is 4. The molecule has 4 heterocycles. The number of hydrogen-bond donors (Lipinski definition) is 1. The third-order valence-electron chi connectivity index (χ3n) is 4.31. The first-order chi connectivity index (χ1) is 11.2. The maximum absolute atomic E-state index is 5.38. The van der Waals surface area contributed by atoms with E-state index in [0.717, 1.165) is 54.7 Å². The van der Waals surface area contributed by atoms with E-state index in [-0.39, 0.29) is 0 Å².